The molecule has 0 aromatic heterocycles. The van der Waals surface area contributed by atoms with Crippen molar-refractivity contribution in [1.29, 1.82) is 0 Å². The Morgan fingerprint density at radius 3 is 0.708 bits per heavy atom. The normalized spacial score (nSPS) is 16.9. The Morgan fingerprint density at radius 1 is 0.625 bits per heavy atom. The van der Waals surface area contributed by atoms with E-state index in [1.165, 1.54) is 6.92 Å². The number of carboxylic acids is 1. The maximum atomic E-state index is 9.60. The molecular weight excluding hydrogens is 320 g/mol. The number of aliphatic hydroxyl groups is 6. The summed E-state index contributed by atoms with van der Waals surface area (Å²) in [4.78, 5) is 9.60. The van der Waals surface area contributed by atoms with Crippen LogP contribution in [-0.2, 0) is 4.79 Å². The van der Waals surface area contributed by atoms with Crippen molar-refractivity contribution in [3.63, 3.8) is 0 Å². The van der Waals surface area contributed by atoms with E-state index in [1.807, 2.05) is 0 Å². The molecule has 0 heterocycles. The summed E-state index contributed by atoms with van der Waals surface area (Å²) in [5, 5.41) is 58.2. The van der Waals surface area contributed by atoms with Gasteiger partial charge in [0.1, 0.15) is 0 Å². The molecule has 0 aliphatic rings. The van der Waals surface area contributed by atoms with E-state index in [4.69, 9.17) is 35.7 Å². The van der Waals surface area contributed by atoms with Crippen LogP contribution in [0.5, 0.6) is 0 Å². The second kappa shape index (κ2) is 18.3. The summed E-state index contributed by atoms with van der Waals surface area (Å²) >= 11 is 0. The van der Waals surface area contributed by atoms with Gasteiger partial charge < -0.3 is 35.7 Å². The number of hydrogen-bond donors (Lipinski definition) is 7. The molecule has 0 saturated heterocycles. The lowest BCUT2D eigenvalue weighted by molar-refractivity contribution is -0.132. The molecule has 0 saturated carbocycles. The minimum Gasteiger partial charge on any atom is -0.478 e. The third-order valence-electron chi connectivity index (χ3n) is 2.46. The Labute approximate surface area is 144 Å². The topological polar surface area (TPSA) is 159 Å². The quantitative estimate of drug-likeness (QED) is 0.344. The van der Waals surface area contributed by atoms with Crippen LogP contribution < -0.4 is 0 Å². The molecule has 7 N–H and O–H groups in total. The van der Waals surface area contributed by atoms with Crippen molar-refractivity contribution in [3.05, 3.63) is 12.2 Å². The molecule has 0 aliphatic carbocycles. The van der Waals surface area contributed by atoms with Crippen LogP contribution in [-0.4, -0.2) is 78.3 Å². The predicted molar refractivity (Wildman–Crippen MR) is 92.5 cm³/mol. The number of carbonyl (C=O) groups is 1. The second-order valence-electron chi connectivity index (χ2n) is 5.53. The van der Waals surface area contributed by atoms with Crippen molar-refractivity contribution >= 4 is 5.97 Å². The smallest absolute Gasteiger partial charge is 0.330 e. The van der Waals surface area contributed by atoms with Crippen molar-refractivity contribution in [2.24, 2.45) is 0 Å². The lowest BCUT2D eigenvalue weighted by atomic mass is 10.3. The monoisotopic (exact) mass is 356 g/mol. The van der Waals surface area contributed by atoms with E-state index in [0.29, 0.717) is 0 Å². The molecule has 8 heteroatoms. The number of aliphatic carboxylic acids is 1. The first-order valence-electron chi connectivity index (χ1n) is 7.54. The van der Waals surface area contributed by atoms with Gasteiger partial charge in [-0.25, -0.2) is 4.79 Å². The number of rotatable bonds is 4. The van der Waals surface area contributed by atoms with Crippen molar-refractivity contribution in [2.75, 3.05) is 0 Å². The van der Waals surface area contributed by atoms with Crippen LogP contribution in [0.2, 0.25) is 0 Å². The second-order valence-corrected chi connectivity index (χ2v) is 5.53. The third kappa shape index (κ3) is 37.3. The van der Waals surface area contributed by atoms with E-state index < -0.39 is 42.6 Å². The average molecular weight is 356 g/mol. The fourth-order valence-corrected chi connectivity index (χ4v) is 0. The van der Waals surface area contributed by atoms with Crippen LogP contribution in [0.3, 0.4) is 0 Å². The first-order chi connectivity index (χ1) is 10.6. The molecule has 0 aliphatic heterocycles. The number of carboxylic acid groups (broad SMARTS) is 1. The highest BCUT2D eigenvalue weighted by molar-refractivity contribution is 5.84. The van der Waals surface area contributed by atoms with Crippen molar-refractivity contribution in [3.8, 4) is 0 Å². The zero-order chi connectivity index (χ0) is 20.6. The zero-order valence-electron chi connectivity index (χ0n) is 15.7. The Morgan fingerprint density at radius 2 is 0.708 bits per heavy atom. The molecule has 0 amide bonds. The predicted octanol–water partition coefficient (Wildman–Crippen LogP) is -0.109. The Balaban J connectivity index is -0.000000111. The van der Waals surface area contributed by atoms with Gasteiger partial charge in [0, 0.05) is 5.57 Å². The fourth-order valence-electron chi connectivity index (χ4n) is 0. The van der Waals surface area contributed by atoms with Gasteiger partial charge in [-0.15, -0.1) is 0 Å². The molecule has 24 heavy (non-hydrogen) atoms. The van der Waals surface area contributed by atoms with Gasteiger partial charge in [-0.2, -0.15) is 0 Å². The molecule has 148 valence electrons. The largest absolute Gasteiger partial charge is 0.478 e. The SMILES string of the molecule is C=C(C)C(=O)O.CC(O)C(C)O.CC(O)C(C)O.CC(O)C(C)O. The summed E-state index contributed by atoms with van der Waals surface area (Å²) in [7, 11) is 0. The van der Waals surface area contributed by atoms with Gasteiger partial charge in [-0.05, 0) is 48.5 Å². The molecule has 0 rings (SSSR count). The first-order valence-corrected chi connectivity index (χ1v) is 7.54. The standard InChI is InChI=1S/3C4H10O2.C4H6O2/c3*1-3(5)4(2)6;1-3(2)4(5)6/h3*3-6H,1-2H3;1H2,2H3,(H,5,6). The highest BCUT2D eigenvalue weighted by Crippen LogP contribution is 1.86. The summed E-state index contributed by atoms with van der Waals surface area (Å²) in [6.45, 7) is 13.9. The molecule has 0 aromatic carbocycles. The minimum absolute atomic E-state index is 0.176. The van der Waals surface area contributed by atoms with Crippen LogP contribution in [0, 0.1) is 0 Å². The van der Waals surface area contributed by atoms with E-state index in [2.05, 4.69) is 6.58 Å². The van der Waals surface area contributed by atoms with E-state index >= 15 is 0 Å². The summed E-state index contributed by atoms with van der Waals surface area (Å²) < 4.78 is 0. The summed E-state index contributed by atoms with van der Waals surface area (Å²) in [6.07, 6.45) is -3.56. The Kier molecular flexibility index (Phi) is 23.5. The molecule has 8 nitrogen and oxygen atoms in total. The minimum atomic E-state index is -0.935. The highest BCUT2D eigenvalue weighted by atomic mass is 16.4. The lowest BCUT2D eigenvalue weighted by Crippen LogP contribution is -2.17. The average Bonchev–Trinajstić information content (AvgIpc) is 2.40. The maximum absolute atomic E-state index is 9.60. The molecule has 0 aromatic rings. The fraction of sp³-hybridized carbons (Fsp3) is 0.812. The van der Waals surface area contributed by atoms with Gasteiger partial charge >= 0.3 is 5.97 Å². The van der Waals surface area contributed by atoms with Crippen LogP contribution in [0.25, 0.3) is 0 Å². The molecule has 0 radical (unpaired) electrons. The summed E-state index contributed by atoms with van der Waals surface area (Å²) in [5.74, 6) is -0.935. The Bertz CT molecular complexity index is 238. The molecule has 6 atom stereocenters. The zero-order valence-corrected chi connectivity index (χ0v) is 15.7. The van der Waals surface area contributed by atoms with Crippen molar-refractivity contribution in [1.82, 2.24) is 0 Å². The van der Waals surface area contributed by atoms with E-state index in [9.17, 15) is 4.79 Å². The van der Waals surface area contributed by atoms with Gasteiger partial charge in [-0.1, -0.05) is 6.58 Å². The molecular formula is C16H36O8. The van der Waals surface area contributed by atoms with Gasteiger partial charge in [-0.3, -0.25) is 0 Å². The van der Waals surface area contributed by atoms with Crippen LogP contribution in [0.1, 0.15) is 48.5 Å². The van der Waals surface area contributed by atoms with E-state index in [1.54, 1.807) is 41.5 Å². The van der Waals surface area contributed by atoms with Gasteiger partial charge in [0.2, 0.25) is 0 Å². The Hall–Kier alpha value is -1.03. The number of hydrogen-bond acceptors (Lipinski definition) is 7. The van der Waals surface area contributed by atoms with Crippen LogP contribution in [0.15, 0.2) is 12.2 Å². The summed E-state index contributed by atoms with van der Waals surface area (Å²) in [6, 6.07) is 0. The first kappa shape index (κ1) is 30.8. The molecule has 0 bridgehead atoms. The lowest BCUT2D eigenvalue weighted by Gasteiger charge is -2.03. The highest BCUT2D eigenvalue weighted by Gasteiger charge is 2.00. The summed E-state index contributed by atoms with van der Waals surface area (Å²) in [5.41, 5.74) is 0.176. The third-order valence-corrected chi connectivity index (χ3v) is 2.46. The van der Waals surface area contributed by atoms with Gasteiger partial charge in [0.25, 0.3) is 0 Å². The van der Waals surface area contributed by atoms with Gasteiger partial charge in [0.15, 0.2) is 0 Å². The maximum Gasteiger partial charge on any atom is 0.330 e. The molecule has 0 fully saturated rings. The van der Waals surface area contributed by atoms with Crippen molar-refractivity contribution in [2.45, 2.75) is 85.1 Å². The van der Waals surface area contributed by atoms with Crippen molar-refractivity contribution < 1.29 is 40.5 Å². The van der Waals surface area contributed by atoms with Crippen LogP contribution in [0.4, 0.5) is 0 Å². The van der Waals surface area contributed by atoms with Crippen LogP contribution >= 0.6 is 0 Å². The molecule has 6 unspecified atom stereocenters. The van der Waals surface area contributed by atoms with Gasteiger partial charge in [0.05, 0.1) is 36.6 Å². The molecule has 0 spiro atoms. The number of aliphatic hydroxyl groups excluding tert-OH is 6. The van der Waals surface area contributed by atoms with E-state index in [0.717, 1.165) is 0 Å². The van der Waals surface area contributed by atoms with E-state index in [-0.39, 0.29) is 5.57 Å².